The fourth-order valence-corrected chi connectivity index (χ4v) is 4.49. The summed E-state index contributed by atoms with van der Waals surface area (Å²) in [5.41, 5.74) is 7.41. The van der Waals surface area contributed by atoms with Gasteiger partial charge in [0.05, 0.1) is 25.4 Å². The lowest BCUT2D eigenvalue weighted by Crippen LogP contribution is -2.37. The normalized spacial score (nSPS) is 14.8. The summed E-state index contributed by atoms with van der Waals surface area (Å²) in [5.74, 6) is 0.789. The Bertz CT molecular complexity index is 1310. The molecular formula is C28H27N3O2. The Labute approximate surface area is 194 Å². The molecule has 1 aromatic heterocycles. The third-order valence-corrected chi connectivity index (χ3v) is 6.41. The van der Waals surface area contributed by atoms with Crippen molar-refractivity contribution in [3.05, 3.63) is 113 Å². The van der Waals surface area contributed by atoms with Gasteiger partial charge in [0.2, 0.25) is 0 Å². The van der Waals surface area contributed by atoms with Crippen molar-refractivity contribution < 1.29 is 9.53 Å². The van der Waals surface area contributed by atoms with Crippen molar-refractivity contribution in [1.29, 1.82) is 0 Å². The van der Waals surface area contributed by atoms with E-state index < -0.39 is 0 Å². The number of carbonyl (C=O) groups excluding carboxylic acids is 1. The molecule has 2 amide bonds. The molecule has 0 saturated carbocycles. The highest BCUT2D eigenvalue weighted by Crippen LogP contribution is 2.37. The highest BCUT2D eigenvalue weighted by atomic mass is 16.5. The first kappa shape index (κ1) is 20.9. The standard InChI is InChI=1S/C28H27N3O2/c1-19-10-13-23(17-20(19)2)29-28(32)31-18-22-7-4-5-8-25(22)30-16-6-9-26(30)27(31)21-11-14-24(33-3)15-12-21/h4-17,27H,18H2,1-3H3,(H,29,32)/t27-/m0/s1. The van der Waals surface area contributed by atoms with Crippen LogP contribution in [0.5, 0.6) is 5.75 Å². The molecule has 3 aromatic carbocycles. The van der Waals surface area contributed by atoms with Gasteiger partial charge in [-0.05, 0) is 78.6 Å². The van der Waals surface area contributed by atoms with Gasteiger partial charge in [-0.1, -0.05) is 36.4 Å². The van der Waals surface area contributed by atoms with Crippen molar-refractivity contribution in [3.63, 3.8) is 0 Å². The zero-order valence-corrected chi connectivity index (χ0v) is 19.1. The average molecular weight is 438 g/mol. The van der Waals surface area contributed by atoms with Gasteiger partial charge in [-0.3, -0.25) is 0 Å². The van der Waals surface area contributed by atoms with Crippen LogP contribution in [0.1, 0.15) is 34.0 Å². The van der Waals surface area contributed by atoms with E-state index in [-0.39, 0.29) is 12.1 Å². The fourth-order valence-electron chi connectivity index (χ4n) is 4.49. The summed E-state index contributed by atoms with van der Waals surface area (Å²) in [5, 5.41) is 3.14. The minimum Gasteiger partial charge on any atom is -0.497 e. The fraction of sp³-hybridized carbons (Fsp3) is 0.179. The molecule has 33 heavy (non-hydrogen) atoms. The van der Waals surface area contributed by atoms with Crippen LogP contribution >= 0.6 is 0 Å². The maximum atomic E-state index is 13.7. The van der Waals surface area contributed by atoms with Crippen molar-refractivity contribution in [2.45, 2.75) is 26.4 Å². The lowest BCUT2D eigenvalue weighted by atomic mass is 10.0. The molecule has 0 spiro atoms. The molecule has 0 aliphatic carbocycles. The number of aryl methyl sites for hydroxylation is 2. The van der Waals surface area contributed by atoms with Gasteiger partial charge in [-0.2, -0.15) is 0 Å². The summed E-state index contributed by atoms with van der Waals surface area (Å²) in [6.45, 7) is 4.62. The number of amides is 2. The van der Waals surface area contributed by atoms with Crippen LogP contribution in [0.4, 0.5) is 10.5 Å². The van der Waals surface area contributed by atoms with Gasteiger partial charge >= 0.3 is 6.03 Å². The van der Waals surface area contributed by atoms with Gasteiger partial charge in [-0.15, -0.1) is 0 Å². The first-order valence-corrected chi connectivity index (χ1v) is 11.1. The monoisotopic (exact) mass is 437 g/mol. The molecule has 5 rings (SSSR count). The number of anilines is 1. The third kappa shape index (κ3) is 3.87. The number of rotatable bonds is 3. The topological polar surface area (TPSA) is 46.5 Å². The van der Waals surface area contributed by atoms with E-state index in [2.05, 4.69) is 48.1 Å². The number of hydrogen-bond acceptors (Lipinski definition) is 2. The maximum Gasteiger partial charge on any atom is 0.322 e. The summed E-state index contributed by atoms with van der Waals surface area (Å²) in [4.78, 5) is 15.7. The Hall–Kier alpha value is -3.99. The van der Waals surface area contributed by atoms with Crippen LogP contribution in [0.25, 0.3) is 5.69 Å². The number of urea groups is 1. The number of hydrogen-bond donors (Lipinski definition) is 1. The number of nitrogens with zero attached hydrogens (tertiary/aromatic N) is 2. The molecule has 1 aliphatic heterocycles. The van der Waals surface area contributed by atoms with Crippen LogP contribution in [-0.4, -0.2) is 22.6 Å². The predicted octanol–water partition coefficient (Wildman–Crippen LogP) is 6.24. The van der Waals surface area contributed by atoms with E-state index in [0.29, 0.717) is 6.54 Å². The Morgan fingerprint density at radius 3 is 2.48 bits per heavy atom. The van der Waals surface area contributed by atoms with Gasteiger partial charge in [0, 0.05) is 17.6 Å². The van der Waals surface area contributed by atoms with Gasteiger partial charge < -0.3 is 19.5 Å². The predicted molar refractivity (Wildman–Crippen MR) is 131 cm³/mol. The molecular weight excluding hydrogens is 410 g/mol. The molecule has 0 radical (unpaired) electrons. The molecule has 0 fully saturated rings. The van der Waals surface area contributed by atoms with Crippen molar-refractivity contribution in [1.82, 2.24) is 9.47 Å². The molecule has 1 atom stereocenters. The minimum atomic E-state index is -0.259. The van der Waals surface area contributed by atoms with Crippen LogP contribution in [0.2, 0.25) is 0 Å². The summed E-state index contributed by atoms with van der Waals surface area (Å²) < 4.78 is 7.55. The Kier molecular flexibility index (Phi) is 5.38. The largest absolute Gasteiger partial charge is 0.497 e. The van der Waals surface area contributed by atoms with E-state index >= 15 is 0 Å². The van der Waals surface area contributed by atoms with E-state index in [9.17, 15) is 4.79 Å². The quantitative estimate of drug-likeness (QED) is 0.412. The van der Waals surface area contributed by atoms with E-state index in [0.717, 1.165) is 39.5 Å². The second-order valence-corrected chi connectivity index (χ2v) is 8.46. The Balaban J connectivity index is 1.61. The first-order chi connectivity index (χ1) is 16.0. The van der Waals surface area contributed by atoms with Crippen LogP contribution in [0.15, 0.2) is 85.1 Å². The molecule has 4 aromatic rings. The zero-order chi connectivity index (χ0) is 22.9. The molecule has 0 saturated heterocycles. The smallest absolute Gasteiger partial charge is 0.322 e. The molecule has 166 valence electrons. The van der Waals surface area contributed by atoms with Crippen molar-refractivity contribution in [2.24, 2.45) is 0 Å². The first-order valence-electron chi connectivity index (χ1n) is 11.1. The molecule has 5 nitrogen and oxygen atoms in total. The Morgan fingerprint density at radius 2 is 1.73 bits per heavy atom. The highest BCUT2D eigenvalue weighted by Gasteiger charge is 2.33. The SMILES string of the molecule is COc1ccc([C@H]2c3cccn3-c3ccccc3CN2C(=O)Nc2ccc(C)c(C)c2)cc1. The van der Waals surface area contributed by atoms with Gasteiger partial charge in [0.25, 0.3) is 0 Å². The van der Waals surface area contributed by atoms with Gasteiger partial charge in [0.15, 0.2) is 0 Å². The van der Waals surface area contributed by atoms with Crippen LogP contribution in [0.3, 0.4) is 0 Å². The van der Waals surface area contributed by atoms with E-state index in [1.807, 2.05) is 65.6 Å². The number of methoxy groups -OCH3 is 1. The highest BCUT2D eigenvalue weighted by molar-refractivity contribution is 5.90. The Morgan fingerprint density at radius 1 is 0.939 bits per heavy atom. The van der Waals surface area contributed by atoms with E-state index in [1.54, 1.807) is 7.11 Å². The van der Waals surface area contributed by atoms with E-state index in [4.69, 9.17) is 4.74 Å². The van der Waals surface area contributed by atoms with Crippen molar-refractivity contribution >= 4 is 11.7 Å². The summed E-state index contributed by atoms with van der Waals surface area (Å²) >= 11 is 0. The lowest BCUT2D eigenvalue weighted by molar-refractivity contribution is 0.194. The number of carbonyl (C=O) groups is 1. The molecule has 0 unspecified atom stereocenters. The number of benzene rings is 3. The van der Waals surface area contributed by atoms with E-state index in [1.165, 1.54) is 5.56 Å². The van der Waals surface area contributed by atoms with Gasteiger partial charge in [-0.25, -0.2) is 4.79 Å². The third-order valence-electron chi connectivity index (χ3n) is 6.41. The summed E-state index contributed by atoms with van der Waals surface area (Å²) in [6, 6.07) is 26.0. The second kappa shape index (κ2) is 8.51. The molecule has 5 heteroatoms. The number of aromatic nitrogens is 1. The lowest BCUT2D eigenvalue weighted by Gasteiger charge is -2.31. The van der Waals surface area contributed by atoms with Crippen LogP contribution < -0.4 is 10.1 Å². The average Bonchev–Trinajstić information content (AvgIpc) is 3.26. The van der Waals surface area contributed by atoms with Crippen molar-refractivity contribution in [3.8, 4) is 11.4 Å². The molecule has 0 bridgehead atoms. The number of para-hydroxylation sites is 1. The summed E-state index contributed by atoms with van der Waals surface area (Å²) in [6.07, 6.45) is 2.06. The maximum absolute atomic E-state index is 13.7. The molecule has 1 aliphatic rings. The van der Waals surface area contributed by atoms with Crippen LogP contribution in [0, 0.1) is 13.8 Å². The van der Waals surface area contributed by atoms with Crippen molar-refractivity contribution in [2.75, 3.05) is 12.4 Å². The minimum absolute atomic E-state index is 0.136. The van der Waals surface area contributed by atoms with Gasteiger partial charge in [0.1, 0.15) is 5.75 Å². The second-order valence-electron chi connectivity index (χ2n) is 8.46. The molecule has 2 heterocycles. The number of ether oxygens (including phenoxy) is 1. The van der Waals surface area contributed by atoms with Crippen LogP contribution in [-0.2, 0) is 6.54 Å². The number of nitrogens with one attached hydrogen (secondary N) is 1. The molecule has 1 N–H and O–H groups in total. The zero-order valence-electron chi connectivity index (χ0n) is 19.1. The number of fused-ring (bicyclic) bond motifs is 3. The summed E-state index contributed by atoms with van der Waals surface area (Å²) in [7, 11) is 1.66.